The number of fused-ring (bicyclic) bond motifs is 3. The SMILES string of the molecule is COC(=O)C(NC(=O)N1C(=O)C2(c3cc(C#CC4=CCCCC4)ccc31)C(C(=O)N1CCN(c3ncccn3)CC1)C1C(=O)OC(c3ccccc3)C(c3ccccc3)N1C2c1ccccc1OCCO)C(C)C. The lowest BCUT2D eigenvalue weighted by atomic mass is 9.64. The Hall–Kier alpha value is -7.87. The lowest BCUT2D eigenvalue weighted by Gasteiger charge is -2.46. The fourth-order valence-corrected chi connectivity index (χ4v) is 11.6. The van der Waals surface area contributed by atoms with Crippen LogP contribution in [0.1, 0.15) is 85.5 Å². The van der Waals surface area contributed by atoms with Crippen molar-refractivity contribution in [3.8, 4) is 17.6 Å². The molecule has 3 fully saturated rings. The zero-order valence-corrected chi connectivity index (χ0v) is 41.6. The molecule has 74 heavy (non-hydrogen) atoms. The van der Waals surface area contributed by atoms with Gasteiger partial charge in [0.25, 0.3) is 0 Å². The second kappa shape index (κ2) is 21.3. The maximum absolute atomic E-state index is 17.0. The standard InChI is InChI=1S/C58H59N7O9/c1-37(2)47(53(68)72-3)61-57(71)64-44-27-26-39(25-24-38-16-7-4-8-17-38)36-43(44)58(55(64)70)46(52(67)62-30-32-63(33-31-62)56-59-28-15-29-60-56)49-54(69)74-50(41-20-11-6-12-21-41)48(40-18-9-5-10-19-40)65(49)51(58)42-22-13-14-23-45(42)73-35-34-66/h5-6,9-16,18-23,26-29,36-37,46-51,66H,4,7-8,17,30-35H2,1-3H3,(H,61,71). The molecule has 2 N–H and O–H groups in total. The number of methoxy groups -OCH3 is 1. The Morgan fingerprint density at radius 1 is 0.851 bits per heavy atom. The fraction of sp³-hybridized carbons (Fsp3) is 0.362. The van der Waals surface area contributed by atoms with Gasteiger partial charge in [0.2, 0.25) is 17.8 Å². The second-order valence-electron chi connectivity index (χ2n) is 19.5. The van der Waals surface area contributed by atoms with E-state index in [0.717, 1.165) is 41.7 Å². The lowest BCUT2D eigenvalue weighted by Crippen LogP contribution is -2.60. The van der Waals surface area contributed by atoms with E-state index in [1.54, 1.807) is 73.6 Å². The van der Waals surface area contributed by atoms with Crippen LogP contribution >= 0.6 is 0 Å². The summed E-state index contributed by atoms with van der Waals surface area (Å²) in [5.74, 6) is 2.74. The first-order valence-corrected chi connectivity index (χ1v) is 25.4. The largest absolute Gasteiger partial charge is 0.491 e. The van der Waals surface area contributed by atoms with Crippen LogP contribution in [-0.2, 0) is 34.1 Å². The van der Waals surface area contributed by atoms with Crippen LogP contribution in [-0.4, -0.2) is 113 Å². The van der Waals surface area contributed by atoms with Crippen molar-refractivity contribution in [2.24, 2.45) is 11.8 Å². The number of urea groups is 1. The van der Waals surface area contributed by atoms with E-state index in [4.69, 9.17) is 14.2 Å². The molecule has 5 heterocycles. The molecule has 7 atom stereocenters. The molecule has 1 aromatic heterocycles. The van der Waals surface area contributed by atoms with Crippen LogP contribution in [0.15, 0.2) is 133 Å². The van der Waals surface area contributed by atoms with Gasteiger partial charge in [-0.1, -0.05) is 111 Å². The van der Waals surface area contributed by atoms with E-state index in [1.807, 2.05) is 76.5 Å². The molecule has 0 saturated carbocycles. The van der Waals surface area contributed by atoms with Crippen molar-refractivity contribution in [1.29, 1.82) is 0 Å². The number of aliphatic hydroxyl groups excluding tert-OH is 1. The first-order valence-electron chi connectivity index (χ1n) is 25.4. The van der Waals surface area contributed by atoms with Gasteiger partial charge in [-0.05, 0) is 84.2 Å². The number of ether oxygens (including phenoxy) is 3. The molecule has 10 rings (SSSR count). The molecule has 4 aliphatic heterocycles. The van der Waals surface area contributed by atoms with Crippen molar-refractivity contribution in [3.05, 3.63) is 161 Å². The number of allylic oxidation sites excluding steroid dienone is 2. The Labute approximate surface area is 430 Å². The normalized spacial score (nSPS) is 23.8. The number of piperazine rings is 1. The van der Waals surface area contributed by atoms with Gasteiger partial charge < -0.3 is 34.4 Å². The van der Waals surface area contributed by atoms with Gasteiger partial charge in [-0.2, -0.15) is 0 Å². The van der Waals surface area contributed by atoms with Crippen LogP contribution in [0.2, 0.25) is 0 Å². The summed E-state index contributed by atoms with van der Waals surface area (Å²) < 4.78 is 18.2. The number of para-hydroxylation sites is 1. The zero-order chi connectivity index (χ0) is 51.5. The third-order valence-corrected chi connectivity index (χ3v) is 15.0. The number of anilines is 2. The summed E-state index contributed by atoms with van der Waals surface area (Å²) in [6.45, 7) is 4.10. The van der Waals surface area contributed by atoms with E-state index < -0.39 is 77.3 Å². The monoisotopic (exact) mass is 997 g/mol. The van der Waals surface area contributed by atoms with Crippen LogP contribution in [0.3, 0.4) is 0 Å². The number of imide groups is 1. The minimum Gasteiger partial charge on any atom is -0.491 e. The minimum atomic E-state index is -2.12. The van der Waals surface area contributed by atoms with E-state index in [0.29, 0.717) is 41.5 Å². The van der Waals surface area contributed by atoms with Gasteiger partial charge in [-0.15, -0.1) is 0 Å². The van der Waals surface area contributed by atoms with Crippen LogP contribution in [0.4, 0.5) is 16.4 Å². The van der Waals surface area contributed by atoms with Gasteiger partial charge in [0.05, 0.1) is 37.4 Å². The molecule has 380 valence electrons. The first kappa shape index (κ1) is 49.7. The molecule has 5 aromatic rings. The fourth-order valence-electron chi connectivity index (χ4n) is 11.6. The number of hydrogen-bond acceptors (Lipinski definition) is 13. The highest BCUT2D eigenvalue weighted by molar-refractivity contribution is 6.25. The van der Waals surface area contributed by atoms with Crippen LogP contribution in [0.25, 0.3) is 0 Å². The quantitative estimate of drug-likeness (QED) is 0.106. The molecule has 1 aliphatic carbocycles. The van der Waals surface area contributed by atoms with Gasteiger partial charge in [-0.25, -0.2) is 24.5 Å². The molecule has 0 bridgehead atoms. The summed E-state index contributed by atoms with van der Waals surface area (Å²) in [4.78, 5) is 93.4. The van der Waals surface area contributed by atoms with Crippen LogP contribution < -0.4 is 19.9 Å². The first-order chi connectivity index (χ1) is 36.1. The van der Waals surface area contributed by atoms with Gasteiger partial charge in [0.15, 0.2) is 0 Å². The summed E-state index contributed by atoms with van der Waals surface area (Å²) >= 11 is 0. The molecule has 0 radical (unpaired) electrons. The second-order valence-corrected chi connectivity index (χ2v) is 19.5. The molecular formula is C58H59N7O9. The smallest absolute Gasteiger partial charge is 0.329 e. The van der Waals surface area contributed by atoms with E-state index in [1.165, 1.54) is 7.11 Å². The van der Waals surface area contributed by atoms with Crippen LogP contribution in [0.5, 0.6) is 5.75 Å². The highest BCUT2D eigenvalue weighted by Crippen LogP contribution is 2.67. The highest BCUT2D eigenvalue weighted by atomic mass is 16.6. The third-order valence-electron chi connectivity index (χ3n) is 15.0. The average Bonchev–Trinajstić information content (AvgIpc) is 3.98. The Morgan fingerprint density at radius 2 is 1.55 bits per heavy atom. The van der Waals surface area contributed by atoms with E-state index in [9.17, 15) is 9.90 Å². The maximum atomic E-state index is 17.0. The zero-order valence-electron chi connectivity index (χ0n) is 41.6. The number of carbonyl (C=O) groups excluding carboxylic acids is 5. The van der Waals surface area contributed by atoms with Gasteiger partial charge in [0, 0.05) is 49.7 Å². The molecule has 1 spiro atoms. The number of benzene rings is 4. The van der Waals surface area contributed by atoms with Crippen molar-refractivity contribution in [2.75, 3.05) is 56.3 Å². The number of esters is 2. The Kier molecular flexibility index (Phi) is 14.3. The molecule has 4 amide bonds. The van der Waals surface area contributed by atoms with Crippen molar-refractivity contribution >= 4 is 41.4 Å². The number of amides is 4. The molecule has 7 unspecified atom stereocenters. The number of hydrogen-bond donors (Lipinski definition) is 2. The van der Waals surface area contributed by atoms with Gasteiger partial charge >= 0.3 is 18.0 Å². The number of nitrogens with zero attached hydrogens (tertiary/aromatic N) is 6. The van der Waals surface area contributed by atoms with Crippen molar-refractivity contribution < 1.29 is 43.3 Å². The number of aromatic nitrogens is 2. The third kappa shape index (κ3) is 8.93. The van der Waals surface area contributed by atoms with E-state index >= 15 is 19.2 Å². The number of morpholine rings is 1. The lowest BCUT2D eigenvalue weighted by molar-refractivity contribution is -0.179. The molecular weight excluding hydrogens is 939 g/mol. The van der Waals surface area contributed by atoms with Crippen molar-refractivity contribution in [3.63, 3.8) is 0 Å². The summed E-state index contributed by atoms with van der Waals surface area (Å²) in [5.41, 5.74) is 1.65. The van der Waals surface area contributed by atoms with E-state index in [2.05, 4.69) is 33.2 Å². The number of carbonyl (C=O) groups is 5. The summed E-state index contributed by atoms with van der Waals surface area (Å²) in [7, 11) is 1.23. The minimum absolute atomic E-state index is 0.118. The topological polar surface area (TPSA) is 184 Å². The molecule has 5 aliphatic rings. The van der Waals surface area contributed by atoms with E-state index in [-0.39, 0.29) is 37.6 Å². The van der Waals surface area contributed by atoms with Gasteiger partial charge in [0.1, 0.15) is 36.0 Å². The molecule has 16 nitrogen and oxygen atoms in total. The summed E-state index contributed by atoms with van der Waals surface area (Å²) in [6, 6.07) is 27.3. The predicted molar refractivity (Wildman–Crippen MR) is 274 cm³/mol. The Bertz CT molecular complexity index is 3010. The van der Waals surface area contributed by atoms with Crippen molar-refractivity contribution in [2.45, 2.75) is 75.2 Å². The highest BCUT2D eigenvalue weighted by Gasteiger charge is 2.76. The van der Waals surface area contributed by atoms with Crippen LogP contribution in [0, 0.1) is 23.7 Å². The van der Waals surface area contributed by atoms with Gasteiger partial charge in [-0.3, -0.25) is 19.3 Å². The number of cyclic esters (lactones) is 1. The summed E-state index contributed by atoms with van der Waals surface area (Å²) in [5, 5.41) is 13.0. The Morgan fingerprint density at radius 3 is 2.23 bits per heavy atom. The number of aliphatic hydroxyl groups is 1. The Balaban J connectivity index is 1.26. The number of nitrogens with one attached hydrogen (secondary N) is 1. The predicted octanol–water partition coefficient (Wildman–Crippen LogP) is 6.62. The molecule has 4 aromatic carbocycles. The maximum Gasteiger partial charge on any atom is 0.329 e. The van der Waals surface area contributed by atoms with Crippen molar-refractivity contribution in [1.82, 2.24) is 25.1 Å². The number of rotatable bonds is 11. The average molecular weight is 998 g/mol. The molecule has 3 saturated heterocycles. The molecule has 16 heteroatoms. The summed E-state index contributed by atoms with van der Waals surface area (Å²) in [6.07, 6.45) is 8.30.